The van der Waals surface area contributed by atoms with Gasteiger partial charge in [-0.15, -0.1) is 0 Å². The summed E-state index contributed by atoms with van der Waals surface area (Å²) in [7, 11) is 1.60. The van der Waals surface area contributed by atoms with Crippen LogP contribution < -0.4 is 4.74 Å². The molecule has 29 heavy (non-hydrogen) atoms. The van der Waals surface area contributed by atoms with E-state index in [1.807, 2.05) is 85.8 Å². The highest BCUT2D eigenvalue weighted by Gasteiger charge is 2.20. The van der Waals surface area contributed by atoms with E-state index in [4.69, 9.17) is 4.74 Å². The minimum atomic E-state index is -0.750. The van der Waals surface area contributed by atoms with Crippen LogP contribution in [0.2, 0.25) is 0 Å². The van der Waals surface area contributed by atoms with Crippen molar-refractivity contribution in [3.05, 3.63) is 101 Å². The van der Waals surface area contributed by atoms with Gasteiger partial charge in [0.25, 0.3) is 0 Å². The molecule has 3 aromatic carbocycles. The zero-order chi connectivity index (χ0) is 20.6. The number of aryl methyl sites for hydroxylation is 1. The maximum Gasteiger partial charge on any atom is 0.227 e. The van der Waals surface area contributed by atoms with E-state index in [1.165, 1.54) is 0 Å². The molecular weight excluding hydrogens is 362 g/mol. The molecule has 0 saturated carbocycles. The quantitative estimate of drug-likeness (QED) is 0.625. The van der Waals surface area contributed by atoms with Gasteiger partial charge in [-0.05, 0) is 24.1 Å². The van der Waals surface area contributed by atoms with Crippen LogP contribution in [0.15, 0.2) is 78.9 Å². The second kappa shape index (κ2) is 9.89. The van der Waals surface area contributed by atoms with E-state index in [0.717, 1.165) is 22.3 Å². The molecule has 0 heterocycles. The van der Waals surface area contributed by atoms with Crippen molar-refractivity contribution in [1.82, 2.24) is 4.90 Å². The largest absolute Gasteiger partial charge is 0.496 e. The summed E-state index contributed by atoms with van der Waals surface area (Å²) in [5, 5.41) is 10.8. The number of benzene rings is 3. The van der Waals surface area contributed by atoms with Gasteiger partial charge in [-0.2, -0.15) is 0 Å². The maximum atomic E-state index is 13.2. The van der Waals surface area contributed by atoms with Gasteiger partial charge in [-0.1, -0.05) is 78.4 Å². The molecule has 0 bridgehead atoms. The third-order valence-electron chi connectivity index (χ3n) is 4.92. The van der Waals surface area contributed by atoms with Gasteiger partial charge in [-0.3, -0.25) is 4.79 Å². The highest BCUT2D eigenvalue weighted by atomic mass is 16.5. The lowest BCUT2D eigenvalue weighted by molar-refractivity contribution is -0.132. The first-order valence-corrected chi connectivity index (χ1v) is 9.75. The van der Waals surface area contributed by atoms with E-state index in [1.54, 1.807) is 12.0 Å². The lowest BCUT2D eigenvalue weighted by atomic mass is 10.0. The Morgan fingerprint density at radius 1 is 1.00 bits per heavy atom. The Bertz CT molecular complexity index is 940. The first kappa shape index (κ1) is 20.6. The molecule has 150 valence electrons. The topological polar surface area (TPSA) is 49.8 Å². The molecule has 0 radical (unpaired) electrons. The summed E-state index contributed by atoms with van der Waals surface area (Å²) in [4.78, 5) is 14.9. The fraction of sp³-hybridized carbons (Fsp3) is 0.240. The first-order chi connectivity index (χ1) is 14.1. The third kappa shape index (κ3) is 5.69. The lowest BCUT2D eigenvalue weighted by Crippen LogP contribution is -2.35. The molecule has 0 aliphatic rings. The smallest absolute Gasteiger partial charge is 0.227 e. The van der Waals surface area contributed by atoms with Gasteiger partial charge in [0.15, 0.2) is 0 Å². The number of para-hydroxylation sites is 1. The highest BCUT2D eigenvalue weighted by molar-refractivity contribution is 5.79. The van der Waals surface area contributed by atoms with Crippen LogP contribution >= 0.6 is 0 Å². The molecule has 1 atom stereocenters. The predicted molar refractivity (Wildman–Crippen MR) is 115 cm³/mol. The van der Waals surface area contributed by atoms with Crippen LogP contribution in [0, 0.1) is 6.92 Å². The molecule has 4 heteroatoms. The van der Waals surface area contributed by atoms with Crippen LogP contribution in [0.5, 0.6) is 5.75 Å². The summed E-state index contributed by atoms with van der Waals surface area (Å²) in [6.45, 7) is 2.66. The Hall–Kier alpha value is -3.11. The monoisotopic (exact) mass is 389 g/mol. The van der Waals surface area contributed by atoms with Crippen molar-refractivity contribution in [3.8, 4) is 5.75 Å². The molecule has 4 nitrogen and oxygen atoms in total. The van der Waals surface area contributed by atoms with E-state index in [-0.39, 0.29) is 18.9 Å². The predicted octanol–water partition coefficient (Wildman–Crippen LogP) is 4.31. The Morgan fingerprint density at radius 3 is 2.45 bits per heavy atom. The van der Waals surface area contributed by atoms with Crippen molar-refractivity contribution in [3.63, 3.8) is 0 Å². The average Bonchev–Trinajstić information content (AvgIpc) is 2.74. The molecule has 0 aromatic heterocycles. The molecule has 3 rings (SSSR count). The van der Waals surface area contributed by atoms with Crippen molar-refractivity contribution in [2.45, 2.75) is 26.0 Å². The number of ether oxygens (including phenoxy) is 1. The van der Waals surface area contributed by atoms with Gasteiger partial charge in [0, 0.05) is 12.1 Å². The van der Waals surface area contributed by atoms with Crippen LogP contribution in [0.25, 0.3) is 0 Å². The van der Waals surface area contributed by atoms with Gasteiger partial charge in [0.05, 0.1) is 26.2 Å². The molecular formula is C25H27NO3. The van der Waals surface area contributed by atoms with Crippen LogP contribution in [0.4, 0.5) is 0 Å². The summed E-state index contributed by atoms with van der Waals surface area (Å²) in [6, 6.07) is 25.1. The number of rotatable bonds is 8. The van der Waals surface area contributed by atoms with Crippen LogP contribution in [-0.2, 0) is 17.8 Å². The van der Waals surface area contributed by atoms with Crippen molar-refractivity contribution >= 4 is 5.91 Å². The van der Waals surface area contributed by atoms with Crippen molar-refractivity contribution < 1.29 is 14.6 Å². The van der Waals surface area contributed by atoms with Crippen molar-refractivity contribution in [2.24, 2.45) is 0 Å². The fourth-order valence-corrected chi connectivity index (χ4v) is 3.37. The van der Waals surface area contributed by atoms with Crippen molar-refractivity contribution in [2.75, 3.05) is 13.7 Å². The van der Waals surface area contributed by atoms with Crippen LogP contribution in [-0.4, -0.2) is 29.6 Å². The summed E-state index contributed by atoms with van der Waals surface area (Å²) in [5.41, 5.74) is 3.75. The van der Waals surface area contributed by atoms with E-state index in [9.17, 15) is 9.90 Å². The maximum absolute atomic E-state index is 13.2. The van der Waals surface area contributed by atoms with E-state index in [2.05, 4.69) is 0 Å². The number of methoxy groups -OCH3 is 1. The van der Waals surface area contributed by atoms with Crippen LogP contribution in [0.3, 0.4) is 0 Å². The van der Waals surface area contributed by atoms with Gasteiger partial charge in [0.1, 0.15) is 5.75 Å². The molecule has 0 aliphatic heterocycles. The molecule has 3 aromatic rings. The number of nitrogens with zero attached hydrogens (tertiary/aromatic N) is 1. The third-order valence-corrected chi connectivity index (χ3v) is 4.92. The van der Waals surface area contributed by atoms with Crippen LogP contribution in [0.1, 0.15) is 28.4 Å². The Morgan fingerprint density at radius 2 is 1.72 bits per heavy atom. The number of carbonyl (C=O) groups is 1. The number of aliphatic hydroxyl groups excluding tert-OH is 1. The number of carbonyl (C=O) groups excluding carboxylic acids is 1. The highest BCUT2D eigenvalue weighted by Crippen LogP contribution is 2.21. The van der Waals surface area contributed by atoms with E-state index < -0.39 is 6.10 Å². The molecule has 0 saturated heterocycles. The molecule has 0 spiro atoms. The van der Waals surface area contributed by atoms with Gasteiger partial charge in [0.2, 0.25) is 5.91 Å². The molecule has 1 N–H and O–H groups in total. The molecule has 1 unspecified atom stereocenters. The first-order valence-electron chi connectivity index (χ1n) is 9.75. The minimum Gasteiger partial charge on any atom is -0.496 e. The Kier molecular flexibility index (Phi) is 7.04. The number of amides is 1. The normalized spacial score (nSPS) is 11.7. The number of hydrogen-bond acceptors (Lipinski definition) is 3. The fourth-order valence-electron chi connectivity index (χ4n) is 3.37. The summed E-state index contributed by atoms with van der Waals surface area (Å²) in [6.07, 6.45) is -0.530. The van der Waals surface area contributed by atoms with Gasteiger partial charge >= 0.3 is 0 Å². The average molecular weight is 389 g/mol. The Balaban J connectivity index is 1.81. The number of aliphatic hydroxyl groups is 1. The van der Waals surface area contributed by atoms with E-state index in [0.29, 0.717) is 12.3 Å². The molecule has 1 amide bonds. The standard InChI is InChI=1S/C25H27NO3/c1-19-9-8-13-21(15-19)23(27)18-26(17-20-10-4-3-5-11-20)25(28)16-22-12-6-7-14-24(22)29-2/h3-15,23,27H,16-18H2,1-2H3. The second-order valence-electron chi connectivity index (χ2n) is 7.18. The molecule has 0 fully saturated rings. The zero-order valence-electron chi connectivity index (χ0n) is 16.9. The van der Waals surface area contributed by atoms with Crippen molar-refractivity contribution in [1.29, 1.82) is 0 Å². The number of hydrogen-bond donors (Lipinski definition) is 1. The minimum absolute atomic E-state index is 0.0509. The van der Waals surface area contributed by atoms with E-state index >= 15 is 0 Å². The SMILES string of the molecule is COc1ccccc1CC(=O)N(Cc1ccccc1)CC(O)c1cccc(C)c1. The molecule has 0 aliphatic carbocycles. The summed E-state index contributed by atoms with van der Waals surface area (Å²) in [5.74, 6) is 0.643. The van der Waals surface area contributed by atoms with Gasteiger partial charge < -0.3 is 14.7 Å². The lowest BCUT2D eigenvalue weighted by Gasteiger charge is -2.26. The van der Waals surface area contributed by atoms with Gasteiger partial charge in [-0.25, -0.2) is 0 Å². The second-order valence-corrected chi connectivity index (χ2v) is 7.18. The summed E-state index contributed by atoms with van der Waals surface area (Å²) < 4.78 is 5.39. The zero-order valence-corrected chi connectivity index (χ0v) is 16.9. The summed E-state index contributed by atoms with van der Waals surface area (Å²) >= 11 is 0. The Labute approximate surface area is 172 Å².